The van der Waals surface area contributed by atoms with Crippen LogP contribution < -0.4 is 0 Å². The zero-order valence-corrected chi connectivity index (χ0v) is 16.0. The smallest absolute Gasteiger partial charge is 0.335 e. The first-order valence-electron chi connectivity index (χ1n) is 8.95. The number of esters is 2. The summed E-state index contributed by atoms with van der Waals surface area (Å²) in [5.41, 5.74) is 2.41. The van der Waals surface area contributed by atoms with Crippen molar-refractivity contribution < 1.29 is 24.2 Å². The predicted octanol–water partition coefficient (Wildman–Crippen LogP) is 3.88. The first-order valence-corrected chi connectivity index (χ1v) is 8.95. The highest BCUT2D eigenvalue weighted by Gasteiger charge is 2.23. The number of rotatable bonds is 7. The number of ether oxygens (including phenoxy) is 2. The van der Waals surface area contributed by atoms with Gasteiger partial charge < -0.3 is 14.6 Å². The van der Waals surface area contributed by atoms with Gasteiger partial charge in [-0.25, -0.2) is 4.79 Å². The van der Waals surface area contributed by atoms with E-state index in [1.165, 1.54) is 0 Å². The Kier molecular flexibility index (Phi) is 7.13. The van der Waals surface area contributed by atoms with Crippen molar-refractivity contribution >= 4 is 11.9 Å². The summed E-state index contributed by atoms with van der Waals surface area (Å²) >= 11 is 0. The molecule has 27 heavy (non-hydrogen) atoms. The maximum Gasteiger partial charge on any atom is 0.335 e. The number of hydrogen-bond donors (Lipinski definition) is 1. The average Bonchev–Trinajstić information content (AvgIpc) is 2.64. The fourth-order valence-corrected chi connectivity index (χ4v) is 2.40. The lowest BCUT2D eigenvalue weighted by molar-refractivity contribution is -0.165. The molecular formula is C22H26O5. The van der Waals surface area contributed by atoms with Gasteiger partial charge in [0.1, 0.15) is 12.2 Å². The summed E-state index contributed by atoms with van der Waals surface area (Å²) in [6.45, 7) is 5.30. The lowest BCUT2D eigenvalue weighted by Gasteiger charge is -2.21. The summed E-state index contributed by atoms with van der Waals surface area (Å²) < 4.78 is 10.3. The molecule has 5 heteroatoms. The van der Waals surface area contributed by atoms with Crippen LogP contribution in [0.1, 0.15) is 39.2 Å². The first kappa shape index (κ1) is 20.6. The zero-order chi connectivity index (χ0) is 19.9. The number of carbonyl (C=O) groups is 2. The predicted molar refractivity (Wildman–Crippen MR) is 103 cm³/mol. The lowest BCUT2D eigenvalue weighted by atomic mass is 10.0. The third kappa shape index (κ3) is 7.23. The van der Waals surface area contributed by atoms with Crippen LogP contribution in [0.5, 0.6) is 0 Å². The molecule has 0 radical (unpaired) electrons. The first-order chi connectivity index (χ1) is 12.7. The second kappa shape index (κ2) is 9.33. The molecule has 1 atom stereocenters. The molecule has 2 rings (SSSR count). The molecule has 0 bridgehead atoms. The third-order valence-corrected chi connectivity index (χ3v) is 3.76. The minimum absolute atomic E-state index is 0.0271. The van der Waals surface area contributed by atoms with Gasteiger partial charge in [0.15, 0.2) is 6.10 Å². The number of aliphatic hydroxyl groups excluding tert-OH is 1. The van der Waals surface area contributed by atoms with Crippen molar-refractivity contribution in [2.24, 2.45) is 0 Å². The number of hydrogen-bond acceptors (Lipinski definition) is 5. The second-order valence-corrected chi connectivity index (χ2v) is 7.31. The maximum atomic E-state index is 11.8. The average molecular weight is 370 g/mol. The van der Waals surface area contributed by atoms with E-state index >= 15 is 0 Å². The van der Waals surface area contributed by atoms with E-state index < -0.39 is 23.6 Å². The molecule has 0 aliphatic carbocycles. The Balaban J connectivity index is 1.76. The Bertz CT molecular complexity index is 745. The van der Waals surface area contributed by atoms with Gasteiger partial charge in [-0.05, 0) is 43.9 Å². The van der Waals surface area contributed by atoms with E-state index in [9.17, 15) is 14.7 Å². The molecule has 0 unspecified atom stereocenters. The molecule has 0 aliphatic heterocycles. The SMILES string of the molecule is CC(C)(C)OC(=O)[C@@H](O)CCC(=O)OCc1ccc(-c2ccccc2)cc1. The fraction of sp³-hybridized carbons (Fsp3) is 0.364. The molecule has 0 aliphatic rings. The van der Waals surface area contributed by atoms with Crippen molar-refractivity contribution in [1.29, 1.82) is 0 Å². The second-order valence-electron chi connectivity index (χ2n) is 7.31. The van der Waals surface area contributed by atoms with E-state index in [1.54, 1.807) is 20.8 Å². The molecule has 0 heterocycles. The summed E-state index contributed by atoms with van der Waals surface area (Å²) in [5.74, 6) is -1.20. The minimum Gasteiger partial charge on any atom is -0.461 e. The van der Waals surface area contributed by atoms with Crippen LogP contribution in [0.4, 0.5) is 0 Å². The van der Waals surface area contributed by atoms with Crippen LogP contribution in [-0.2, 0) is 25.7 Å². The van der Waals surface area contributed by atoms with Crippen LogP contribution in [0.2, 0.25) is 0 Å². The monoisotopic (exact) mass is 370 g/mol. The highest BCUT2D eigenvalue weighted by Crippen LogP contribution is 2.19. The summed E-state index contributed by atoms with van der Waals surface area (Å²) in [6, 6.07) is 17.8. The Labute approximate surface area is 159 Å². The van der Waals surface area contributed by atoms with Crippen molar-refractivity contribution in [3.8, 4) is 11.1 Å². The minimum atomic E-state index is -1.33. The Morgan fingerprint density at radius 3 is 2.15 bits per heavy atom. The zero-order valence-electron chi connectivity index (χ0n) is 16.0. The molecule has 0 saturated carbocycles. The molecule has 0 aromatic heterocycles. The van der Waals surface area contributed by atoms with Gasteiger partial charge in [0.2, 0.25) is 0 Å². The molecule has 2 aromatic carbocycles. The molecule has 0 amide bonds. The van der Waals surface area contributed by atoms with Crippen LogP contribution >= 0.6 is 0 Å². The Hall–Kier alpha value is -2.66. The summed E-state index contributed by atoms with van der Waals surface area (Å²) in [4.78, 5) is 23.5. The van der Waals surface area contributed by atoms with Crippen molar-refractivity contribution in [3.05, 3.63) is 60.2 Å². The molecule has 0 fully saturated rings. The highest BCUT2D eigenvalue weighted by molar-refractivity contribution is 5.76. The molecule has 1 N–H and O–H groups in total. The lowest BCUT2D eigenvalue weighted by Crippen LogP contribution is -2.32. The molecule has 144 valence electrons. The largest absolute Gasteiger partial charge is 0.461 e. The number of benzene rings is 2. The van der Waals surface area contributed by atoms with Crippen LogP contribution in [-0.4, -0.2) is 28.8 Å². The van der Waals surface area contributed by atoms with E-state index in [2.05, 4.69) is 0 Å². The topological polar surface area (TPSA) is 72.8 Å². The molecule has 2 aromatic rings. The summed E-state index contributed by atoms with van der Waals surface area (Å²) in [5, 5.41) is 9.77. The summed E-state index contributed by atoms with van der Waals surface area (Å²) in [7, 11) is 0. The third-order valence-electron chi connectivity index (χ3n) is 3.76. The number of carbonyl (C=O) groups excluding carboxylic acids is 2. The van der Waals surface area contributed by atoms with Gasteiger partial charge in [0.25, 0.3) is 0 Å². The van der Waals surface area contributed by atoms with Gasteiger partial charge in [-0.15, -0.1) is 0 Å². The molecule has 5 nitrogen and oxygen atoms in total. The molecular weight excluding hydrogens is 344 g/mol. The Morgan fingerprint density at radius 1 is 0.963 bits per heavy atom. The Morgan fingerprint density at radius 2 is 1.56 bits per heavy atom. The van der Waals surface area contributed by atoms with Gasteiger partial charge in [-0.2, -0.15) is 0 Å². The standard InChI is InChI=1S/C22H26O5/c1-22(2,3)27-21(25)19(23)13-14-20(24)26-15-16-9-11-18(12-10-16)17-7-5-4-6-8-17/h4-12,19,23H,13-15H2,1-3H3/t19-/m0/s1. The maximum absolute atomic E-state index is 11.8. The van der Waals surface area contributed by atoms with E-state index in [1.807, 2.05) is 54.6 Å². The van der Waals surface area contributed by atoms with Crippen molar-refractivity contribution in [2.75, 3.05) is 0 Å². The van der Waals surface area contributed by atoms with Crippen LogP contribution in [0.15, 0.2) is 54.6 Å². The van der Waals surface area contributed by atoms with E-state index in [-0.39, 0.29) is 19.4 Å². The van der Waals surface area contributed by atoms with Crippen LogP contribution in [0.3, 0.4) is 0 Å². The van der Waals surface area contributed by atoms with E-state index in [0.29, 0.717) is 0 Å². The van der Waals surface area contributed by atoms with Gasteiger partial charge in [-0.3, -0.25) is 4.79 Å². The molecule has 0 spiro atoms. The molecule has 0 saturated heterocycles. The summed E-state index contributed by atoms with van der Waals surface area (Å²) in [6.07, 6.45) is -1.41. The van der Waals surface area contributed by atoms with E-state index in [4.69, 9.17) is 9.47 Å². The highest BCUT2D eigenvalue weighted by atomic mass is 16.6. The van der Waals surface area contributed by atoms with Gasteiger partial charge in [0, 0.05) is 6.42 Å². The van der Waals surface area contributed by atoms with Gasteiger partial charge >= 0.3 is 11.9 Å². The van der Waals surface area contributed by atoms with Crippen molar-refractivity contribution in [3.63, 3.8) is 0 Å². The van der Waals surface area contributed by atoms with Gasteiger partial charge in [0.05, 0.1) is 0 Å². The van der Waals surface area contributed by atoms with Gasteiger partial charge in [-0.1, -0.05) is 54.6 Å². The van der Waals surface area contributed by atoms with E-state index in [0.717, 1.165) is 16.7 Å². The van der Waals surface area contributed by atoms with Crippen molar-refractivity contribution in [2.45, 2.75) is 51.9 Å². The fourth-order valence-electron chi connectivity index (χ4n) is 2.40. The quantitative estimate of drug-likeness (QED) is 0.749. The van der Waals surface area contributed by atoms with Crippen LogP contribution in [0, 0.1) is 0 Å². The normalized spacial score (nSPS) is 12.3. The van der Waals surface area contributed by atoms with Crippen molar-refractivity contribution in [1.82, 2.24) is 0 Å². The number of aliphatic hydroxyl groups is 1. The van der Waals surface area contributed by atoms with Crippen LogP contribution in [0.25, 0.3) is 11.1 Å².